The Balaban J connectivity index is 2.45. The van der Waals surface area contributed by atoms with Crippen LogP contribution in [0.25, 0.3) is 0 Å². The SMILES string of the molecule is Cc1ccc(CNC(=S)NC(C)(C)CC(C)(C)C)cc1. The van der Waals surface area contributed by atoms with Crippen molar-refractivity contribution in [3.8, 4) is 0 Å². The first kappa shape index (κ1) is 17.0. The van der Waals surface area contributed by atoms with Crippen LogP contribution in [-0.4, -0.2) is 10.7 Å². The molecule has 1 aromatic carbocycles. The van der Waals surface area contributed by atoms with E-state index in [-0.39, 0.29) is 11.0 Å². The molecule has 0 aromatic heterocycles. The summed E-state index contributed by atoms with van der Waals surface area (Å²) < 4.78 is 0. The monoisotopic (exact) mass is 292 g/mol. The summed E-state index contributed by atoms with van der Waals surface area (Å²) in [5.74, 6) is 0. The summed E-state index contributed by atoms with van der Waals surface area (Å²) in [6, 6.07) is 8.50. The lowest BCUT2D eigenvalue weighted by Gasteiger charge is -2.34. The molecule has 0 aliphatic rings. The van der Waals surface area contributed by atoms with Gasteiger partial charge in [0.15, 0.2) is 5.11 Å². The van der Waals surface area contributed by atoms with E-state index in [0.717, 1.165) is 18.1 Å². The zero-order chi connectivity index (χ0) is 15.4. The van der Waals surface area contributed by atoms with Gasteiger partial charge in [-0.05, 0) is 50.4 Å². The minimum atomic E-state index is -0.00436. The van der Waals surface area contributed by atoms with Crippen LogP contribution >= 0.6 is 12.2 Å². The van der Waals surface area contributed by atoms with Crippen LogP contribution in [0.15, 0.2) is 24.3 Å². The van der Waals surface area contributed by atoms with Crippen LogP contribution in [0.4, 0.5) is 0 Å². The Morgan fingerprint density at radius 2 is 1.60 bits per heavy atom. The van der Waals surface area contributed by atoms with Crippen LogP contribution in [0, 0.1) is 12.3 Å². The van der Waals surface area contributed by atoms with Gasteiger partial charge in [0.05, 0.1) is 0 Å². The van der Waals surface area contributed by atoms with Crippen LogP contribution < -0.4 is 10.6 Å². The Labute approximate surface area is 129 Å². The van der Waals surface area contributed by atoms with Crippen LogP contribution in [0.5, 0.6) is 0 Å². The van der Waals surface area contributed by atoms with E-state index in [4.69, 9.17) is 12.2 Å². The molecule has 0 aliphatic heterocycles. The van der Waals surface area contributed by atoms with Gasteiger partial charge in [0.1, 0.15) is 0 Å². The number of hydrogen-bond donors (Lipinski definition) is 2. The summed E-state index contributed by atoms with van der Waals surface area (Å²) in [5.41, 5.74) is 2.80. The van der Waals surface area contributed by atoms with E-state index in [0.29, 0.717) is 0 Å². The van der Waals surface area contributed by atoms with Crippen molar-refractivity contribution in [1.82, 2.24) is 10.6 Å². The molecular formula is C17H28N2S. The molecule has 2 N–H and O–H groups in total. The maximum Gasteiger partial charge on any atom is 0.166 e. The Morgan fingerprint density at radius 1 is 1.05 bits per heavy atom. The summed E-state index contributed by atoms with van der Waals surface area (Å²) in [4.78, 5) is 0. The average Bonchev–Trinajstić information content (AvgIpc) is 2.24. The molecule has 112 valence electrons. The molecule has 0 saturated carbocycles. The normalized spacial score (nSPS) is 12.1. The van der Waals surface area contributed by atoms with Gasteiger partial charge < -0.3 is 10.6 Å². The van der Waals surface area contributed by atoms with Crippen LogP contribution in [-0.2, 0) is 6.54 Å². The molecule has 0 fully saturated rings. The molecule has 0 heterocycles. The average molecular weight is 292 g/mol. The van der Waals surface area contributed by atoms with E-state index in [1.54, 1.807) is 0 Å². The summed E-state index contributed by atoms with van der Waals surface area (Å²) in [7, 11) is 0. The second-order valence-electron chi connectivity index (χ2n) is 7.41. The largest absolute Gasteiger partial charge is 0.359 e. The van der Waals surface area contributed by atoms with Crippen LogP contribution in [0.3, 0.4) is 0 Å². The number of thiocarbonyl (C=S) groups is 1. The molecule has 0 spiro atoms. The summed E-state index contributed by atoms with van der Waals surface area (Å²) in [6.45, 7) is 14.0. The van der Waals surface area contributed by atoms with Gasteiger partial charge in [-0.25, -0.2) is 0 Å². The van der Waals surface area contributed by atoms with Crippen LogP contribution in [0.1, 0.15) is 52.2 Å². The van der Waals surface area contributed by atoms with Crippen molar-refractivity contribution in [3.05, 3.63) is 35.4 Å². The maximum atomic E-state index is 5.39. The van der Waals surface area contributed by atoms with Gasteiger partial charge in [-0.15, -0.1) is 0 Å². The predicted octanol–water partition coefficient (Wildman–Crippen LogP) is 4.17. The van der Waals surface area contributed by atoms with E-state index in [2.05, 4.69) is 76.4 Å². The fourth-order valence-corrected chi connectivity index (χ4v) is 2.96. The molecule has 0 amide bonds. The number of aryl methyl sites for hydroxylation is 1. The Bertz CT molecular complexity index is 441. The highest BCUT2D eigenvalue weighted by Gasteiger charge is 2.25. The van der Waals surface area contributed by atoms with Gasteiger partial charge in [-0.1, -0.05) is 50.6 Å². The van der Waals surface area contributed by atoms with E-state index in [1.165, 1.54) is 11.1 Å². The zero-order valence-corrected chi connectivity index (χ0v) is 14.4. The van der Waals surface area contributed by atoms with E-state index in [1.807, 2.05) is 0 Å². The van der Waals surface area contributed by atoms with Gasteiger partial charge in [0, 0.05) is 12.1 Å². The molecule has 3 heteroatoms. The van der Waals surface area contributed by atoms with Crippen molar-refractivity contribution in [2.24, 2.45) is 5.41 Å². The lowest BCUT2D eigenvalue weighted by atomic mass is 9.82. The first-order valence-corrected chi connectivity index (χ1v) is 7.60. The lowest BCUT2D eigenvalue weighted by molar-refractivity contribution is 0.266. The molecular weight excluding hydrogens is 264 g/mol. The predicted molar refractivity (Wildman–Crippen MR) is 91.9 cm³/mol. The van der Waals surface area contributed by atoms with E-state index < -0.39 is 0 Å². The van der Waals surface area contributed by atoms with Gasteiger partial charge in [0.25, 0.3) is 0 Å². The highest BCUT2D eigenvalue weighted by Crippen LogP contribution is 2.26. The number of hydrogen-bond acceptors (Lipinski definition) is 1. The summed E-state index contributed by atoms with van der Waals surface area (Å²) >= 11 is 5.39. The van der Waals surface area contributed by atoms with Gasteiger partial charge in [0.2, 0.25) is 0 Å². The molecule has 20 heavy (non-hydrogen) atoms. The Hall–Kier alpha value is -1.09. The molecule has 0 bridgehead atoms. The van der Waals surface area contributed by atoms with Crippen molar-refractivity contribution in [2.45, 2.75) is 60.0 Å². The van der Waals surface area contributed by atoms with Crippen molar-refractivity contribution in [1.29, 1.82) is 0 Å². The first-order valence-electron chi connectivity index (χ1n) is 7.19. The second kappa shape index (κ2) is 6.57. The fraction of sp³-hybridized carbons (Fsp3) is 0.588. The zero-order valence-electron chi connectivity index (χ0n) is 13.6. The summed E-state index contributed by atoms with van der Waals surface area (Å²) in [5, 5.41) is 7.42. The van der Waals surface area contributed by atoms with Crippen molar-refractivity contribution >= 4 is 17.3 Å². The fourth-order valence-electron chi connectivity index (χ4n) is 2.61. The quantitative estimate of drug-likeness (QED) is 0.814. The third kappa shape index (κ3) is 6.90. The number of benzene rings is 1. The first-order chi connectivity index (χ1) is 9.07. The standard InChI is InChI=1S/C17H28N2S/c1-13-7-9-14(10-8-13)11-18-15(20)19-17(5,6)12-16(2,3)4/h7-10H,11-12H2,1-6H3,(H2,18,19,20). The van der Waals surface area contributed by atoms with Gasteiger partial charge in [-0.2, -0.15) is 0 Å². The molecule has 0 atom stereocenters. The van der Waals surface area contributed by atoms with Crippen molar-refractivity contribution < 1.29 is 0 Å². The van der Waals surface area contributed by atoms with E-state index in [9.17, 15) is 0 Å². The third-order valence-corrected chi connectivity index (χ3v) is 3.24. The van der Waals surface area contributed by atoms with Gasteiger partial charge >= 0.3 is 0 Å². The molecule has 1 aromatic rings. The molecule has 1 rings (SSSR count). The van der Waals surface area contributed by atoms with Crippen molar-refractivity contribution in [3.63, 3.8) is 0 Å². The molecule has 0 radical (unpaired) electrons. The molecule has 2 nitrogen and oxygen atoms in total. The highest BCUT2D eigenvalue weighted by molar-refractivity contribution is 7.80. The smallest absolute Gasteiger partial charge is 0.166 e. The molecule has 0 aliphatic carbocycles. The number of nitrogens with one attached hydrogen (secondary N) is 2. The van der Waals surface area contributed by atoms with Crippen LogP contribution in [0.2, 0.25) is 0 Å². The minimum absolute atomic E-state index is 0.00436. The van der Waals surface area contributed by atoms with E-state index >= 15 is 0 Å². The van der Waals surface area contributed by atoms with Gasteiger partial charge in [-0.3, -0.25) is 0 Å². The Morgan fingerprint density at radius 3 is 2.10 bits per heavy atom. The lowest BCUT2D eigenvalue weighted by Crippen LogP contribution is -2.49. The summed E-state index contributed by atoms with van der Waals surface area (Å²) in [6.07, 6.45) is 1.06. The number of rotatable bonds is 4. The minimum Gasteiger partial charge on any atom is -0.359 e. The second-order valence-corrected chi connectivity index (χ2v) is 7.82. The molecule has 0 unspecified atom stereocenters. The third-order valence-electron chi connectivity index (χ3n) is 3.00. The molecule has 0 saturated heterocycles. The Kier molecular flexibility index (Phi) is 5.58. The highest BCUT2D eigenvalue weighted by atomic mass is 32.1. The maximum absolute atomic E-state index is 5.39. The van der Waals surface area contributed by atoms with Crippen molar-refractivity contribution in [2.75, 3.05) is 0 Å². The topological polar surface area (TPSA) is 24.1 Å².